The summed E-state index contributed by atoms with van der Waals surface area (Å²) in [5.74, 6) is 2.29. The number of aryl methyl sites for hydroxylation is 1. The first kappa shape index (κ1) is 15.1. The summed E-state index contributed by atoms with van der Waals surface area (Å²) < 4.78 is 0. The van der Waals surface area contributed by atoms with Gasteiger partial charge in [-0.2, -0.15) is 0 Å². The van der Waals surface area contributed by atoms with Crippen LogP contribution in [0.1, 0.15) is 36.8 Å². The zero-order valence-electron chi connectivity index (χ0n) is 12.3. The van der Waals surface area contributed by atoms with Crippen LogP contribution in [-0.2, 0) is 6.42 Å². The number of aromatic amines is 1. The highest BCUT2D eigenvalue weighted by Gasteiger charge is 2.09. The highest BCUT2D eigenvalue weighted by Crippen LogP contribution is 2.21. The molecule has 1 aromatic heterocycles. The van der Waals surface area contributed by atoms with Gasteiger partial charge in [0.2, 0.25) is 5.16 Å². The molecule has 20 heavy (non-hydrogen) atoms. The van der Waals surface area contributed by atoms with Gasteiger partial charge in [0.1, 0.15) is 5.82 Å². The van der Waals surface area contributed by atoms with Crippen molar-refractivity contribution in [3.8, 4) is 0 Å². The molecular formula is C15H22N4S. The van der Waals surface area contributed by atoms with Crippen molar-refractivity contribution in [2.24, 2.45) is 11.7 Å². The highest BCUT2D eigenvalue weighted by atomic mass is 32.2. The Hall–Kier alpha value is -1.33. The Balaban J connectivity index is 1.90. The summed E-state index contributed by atoms with van der Waals surface area (Å²) in [5, 5.41) is 7.69. The van der Waals surface area contributed by atoms with Crippen LogP contribution in [0.5, 0.6) is 0 Å². The van der Waals surface area contributed by atoms with Crippen LogP contribution in [0.25, 0.3) is 0 Å². The third-order valence-electron chi connectivity index (χ3n) is 3.02. The van der Waals surface area contributed by atoms with Crippen LogP contribution >= 0.6 is 11.8 Å². The van der Waals surface area contributed by atoms with Gasteiger partial charge >= 0.3 is 0 Å². The number of nitrogens with zero attached hydrogens (tertiary/aromatic N) is 2. The zero-order valence-corrected chi connectivity index (χ0v) is 13.1. The van der Waals surface area contributed by atoms with Gasteiger partial charge < -0.3 is 5.73 Å². The van der Waals surface area contributed by atoms with E-state index in [2.05, 4.69) is 53.3 Å². The number of nitrogens with two attached hydrogens (primary N) is 1. The fraction of sp³-hybridized carbons (Fsp3) is 0.467. The Kier molecular flexibility index (Phi) is 5.20. The number of benzene rings is 1. The Morgan fingerprint density at radius 2 is 1.95 bits per heavy atom. The van der Waals surface area contributed by atoms with Gasteiger partial charge in [-0.05, 0) is 30.4 Å². The quantitative estimate of drug-likeness (QED) is 0.802. The average Bonchev–Trinajstić information content (AvgIpc) is 2.82. The summed E-state index contributed by atoms with van der Waals surface area (Å²) >= 11 is 1.58. The molecule has 0 amide bonds. The molecule has 1 heterocycles. The second-order valence-corrected chi connectivity index (χ2v) is 6.45. The maximum absolute atomic E-state index is 6.21. The number of H-pyrrole nitrogens is 1. The summed E-state index contributed by atoms with van der Waals surface area (Å²) in [4.78, 5) is 4.26. The SMILES string of the molecule is Cc1nc(SCC(N)c2ccc(CC(C)C)cc2)n[nH]1. The van der Waals surface area contributed by atoms with Crippen molar-refractivity contribution in [2.45, 2.75) is 38.4 Å². The largest absolute Gasteiger partial charge is 0.323 e. The van der Waals surface area contributed by atoms with Crippen molar-refractivity contribution in [2.75, 3.05) is 5.75 Å². The molecule has 2 rings (SSSR count). The third-order valence-corrected chi connectivity index (χ3v) is 3.99. The molecule has 5 heteroatoms. The maximum Gasteiger partial charge on any atom is 0.208 e. The standard InChI is InChI=1S/C15H22N4S/c1-10(2)8-12-4-6-13(7-5-12)14(16)9-20-15-17-11(3)18-19-15/h4-7,10,14H,8-9,16H2,1-3H3,(H,17,18,19). The average molecular weight is 290 g/mol. The molecule has 2 aromatic rings. The van der Waals surface area contributed by atoms with E-state index in [1.165, 1.54) is 5.56 Å². The number of hydrogen-bond acceptors (Lipinski definition) is 4. The predicted octanol–water partition coefficient (Wildman–Crippen LogP) is 3.10. The molecule has 1 aromatic carbocycles. The van der Waals surface area contributed by atoms with Gasteiger partial charge in [0.05, 0.1) is 0 Å². The van der Waals surface area contributed by atoms with E-state index in [4.69, 9.17) is 5.73 Å². The molecular weight excluding hydrogens is 268 g/mol. The summed E-state index contributed by atoms with van der Waals surface area (Å²) in [5.41, 5.74) is 8.75. The van der Waals surface area contributed by atoms with Crippen LogP contribution in [-0.4, -0.2) is 20.9 Å². The number of thioether (sulfide) groups is 1. The van der Waals surface area contributed by atoms with Gasteiger partial charge in [0.25, 0.3) is 0 Å². The molecule has 0 radical (unpaired) electrons. The summed E-state index contributed by atoms with van der Waals surface area (Å²) in [6.07, 6.45) is 1.11. The predicted molar refractivity (Wildman–Crippen MR) is 83.8 cm³/mol. The molecule has 0 aliphatic rings. The zero-order chi connectivity index (χ0) is 14.5. The molecule has 4 nitrogen and oxygen atoms in total. The molecule has 108 valence electrons. The number of nitrogens with one attached hydrogen (secondary N) is 1. The van der Waals surface area contributed by atoms with Crippen LogP contribution in [0, 0.1) is 12.8 Å². The lowest BCUT2D eigenvalue weighted by atomic mass is 10.0. The van der Waals surface area contributed by atoms with Crippen LogP contribution in [0.4, 0.5) is 0 Å². The van der Waals surface area contributed by atoms with E-state index in [1.807, 2.05) is 6.92 Å². The first-order chi connectivity index (χ1) is 9.54. The Bertz CT molecular complexity index is 533. The monoisotopic (exact) mass is 290 g/mol. The number of rotatable bonds is 6. The van der Waals surface area contributed by atoms with E-state index in [1.54, 1.807) is 11.8 Å². The van der Waals surface area contributed by atoms with Crippen LogP contribution in [0.3, 0.4) is 0 Å². The van der Waals surface area contributed by atoms with Crippen molar-refractivity contribution in [3.05, 3.63) is 41.2 Å². The van der Waals surface area contributed by atoms with Crippen molar-refractivity contribution in [1.82, 2.24) is 15.2 Å². The highest BCUT2D eigenvalue weighted by molar-refractivity contribution is 7.99. The van der Waals surface area contributed by atoms with Gasteiger partial charge in [-0.15, -0.1) is 5.10 Å². The van der Waals surface area contributed by atoms with E-state index >= 15 is 0 Å². The van der Waals surface area contributed by atoms with Crippen LogP contribution in [0.2, 0.25) is 0 Å². The van der Waals surface area contributed by atoms with Crippen molar-refractivity contribution < 1.29 is 0 Å². The minimum atomic E-state index is 0.00639. The van der Waals surface area contributed by atoms with Crippen LogP contribution in [0.15, 0.2) is 29.4 Å². The van der Waals surface area contributed by atoms with E-state index in [0.717, 1.165) is 28.7 Å². The molecule has 0 fully saturated rings. The lowest BCUT2D eigenvalue weighted by Gasteiger charge is -2.12. The van der Waals surface area contributed by atoms with Crippen molar-refractivity contribution >= 4 is 11.8 Å². The summed E-state index contributed by atoms with van der Waals surface area (Å²) in [7, 11) is 0. The van der Waals surface area contributed by atoms with Crippen LogP contribution < -0.4 is 5.73 Å². The van der Waals surface area contributed by atoms with Gasteiger partial charge in [0.15, 0.2) is 0 Å². The minimum Gasteiger partial charge on any atom is -0.323 e. The maximum atomic E-state index is 6.21. The number of aromatic nitrogens is 3. The molecule has 0 spiro atoms. The van der Waals surface area contributed by atoms with Gasteiger partial charge in [-0.1, -0.05) is 49.9 Å². The Labute approximate surface area is 124 Å². The molecule has 0 saturated heterocycles. The van der Waals surface area contributed by atoms with Crippen molar-refractivity contribution in [1.29, 1.82) is 0 Å². The first-order valence-electron chi connectivity index (χ1n) is 6.91. The summed E-state index contributed by atoms with van der Waals surface area (Å²) in [6, 6.07) is 8.62. The molecule has 0 aliphatic carbocycles. The van der Waals surface area contributed by atoms with Gasteiger partial charge in [-0.25, -0.2) is 4.98 Å². The van der Waals surface area contributed by atoms with Gasteiger partial charge in [0, 0.05) is 11.8 Å². The molecule has 0 bridgehead atoms. The van der Waals surface area contributed by atoms with Gasteiger partial charge in [-0.3, -0.25) is 5.10 Å². The second kappa shape index (κ2) is 6.90. The van der Waals surface area contributed by atoms with Crippen molar-refractivity contribution in [3.63, 3.8) is 0 Å². The molecule has 1 atom stereocenters. The molecule has 0 aliphatic heterocycles. The number of hydrogen-bond donors (Lipinski definition) is 2. The Morgan fingerprint density at radius 1 is 1.25 bits per heavy atom. The lowest BCUT2D eigenvalue weighted by molar-refractivity contribution is 0.647. The topological polar surface area (TPSA) is 67.6 Å². The fourth-order valence-electron chi connectivity index (χ4n) is 2.02. The van der Waals surface area contributed by atoms with E-state index in [0.29, 0.717) is 5.92 Å². The third kappa shape index (κ3) is 4.35. The molecule has 0 saturated carbocycles. The van der Waals surface area contributed by atoms with E-state index in [-0.39, 0.29) is 6.04 Å². The normalized spacial score (nSPS) is 12.8. The van der Waals surface area contributed by atoms with E-state index in [9.17, 15) is 0 Å². The summed E-state index contributed by atoms with van der Waals surface area (Å²) in [6.45, 7) is 6.36. The first-order valence-corrected chi connectivity index (χ1v) is 7.89. The second-order valence-electron chi connectivity index (χ2n) is 5.46. The van der Waals surface area contributed by atoms with E-state index < -0.39 is 0 Å². The Morgan fingerprint density at radius 3 is 2.50 bits per heavy atom. The molecule has 3 N–H and O–H groups in total. The minimum absolute atomic E-state index is 0.00639. The molecule has 1 unspecified atom stereocenters. The smallest absolute Gasteiger partial charge is 0.208 e. The lowest BCUT2D eigenvalue weighted by Crippen LogP contribution is -2.13. The fourth-order valence-corrected chi connectivity index (χ4v) is 2.85.